The molecule has 6 heteroatoms. The van der Waals surface area contributed by atoms with Crippen LogP contribution >= 0.6 is 0 Å². The van der Waals surface area contributed by atoms with Gasteiger partial charge in [0.25, 0.3) is 5.91 Å². The molecule has 1 unspecified atom stereocenters. The van der Waals surface area contributed by atoms with Crippen molar-refractivity contribution in [2.75, 3.05) is 6.61 Å². The third-order valence-electron chi connectivity index (χ3n) is 3.88. The first-order chi connectivity index (χ1) is 12.2. The molecule has 0 saturated heterocycles. The molecule has 0 saturated carbocycles. The van der Waals surface area contributed by atoms with Crippen molar-refractivity contribution in [2.24, 2.45) is 0 Å². The van der Waals surface area contributed by atoms with Crippen LogP contribution < -0.4 is 5.32 Å². The van der Waals surface area contributed by atoms with E-state index in [1.807, 2.05) is 49.4 Å². The number of rotatable bonds is 6. The number of aromatic amines is 1. The number of aromatic nitrogens is 3. The van der Waals surface area contributed by atoms with Crippen molar-refractivity contribution in [1.29, 1.82) is 0 Å². The molecule has 3 N–H and O–H groups in total. The van der Waals surface area contributed by atoms with Crippen LogP contribution in [0.2, 0.25) is 0 Å². The van der Waals surface area contributed by atoms with E-state index in [-0.39, 0.29) is 18.6 Å². The maximum atomic E-state index is 12.4. The highest BCUT2D eigenvalue weighted by molar-refractivity contribution is 5.94. The van der Waals surface area contributed by atoms with Gasteiger partial charge in [0.05, 0.1) is 12.6 Å². The van der Waals surface area contributed by atoms with Crippen LogP contribution in [0.25, 0.3) is 11.4 Å². The highest BCUT2D eigenvalue weighted by atomic mass is 16.3. The molecule has 0 aliphatic carbocycles. The molecule has 3 aromatic rings. The van der Waals surface area contributed by atoms with Gasteiger partial charge in [0.1, 0.15) is 5.82 Å². The van der Waals surface area contributed by atoms with Crippen molar-refractivity contribution in [3.05, 3.63) is 71.5 Å². The standard InChI is InChI=1S/C19H20N4O2/c1-13-20-18(23-22-13)15-7-9-16(10-8-15)19(25)21-17(12-24)11-14-5-3-2-4-6-14/h2-10,17,24H,11-12H2,1H3,(H,21,25)(H,20,22,23). The second-order valence-electron chi connectivity index (χ2n) is 5.86. The first-order valence-electron chi connectivity index (χ1n) is 8.11. The van der Waals surface area contributed by atoms with Crippen LogP contribution in [0.5, 0.6) is 0 Å². The van der Waals surface area contributed by atoms with E-state index < -0.39 is 0 Å². The minimum atomic E-state index is -0.328. The van der Waals surface area contributed by atoms with Gasteiger partial charge in [0.15, 0.2) is 5.82 Å². The maximum Gasteiger partial charge on any atom is 0.251 e. The second kappa shape index (κ2) is 7.72. The van der Waals surface area contributed by atoms with Crippen LogP contribution in [-0.4, -0.2) is 38.8 Å². The molecule has 0 fully saturated rings. The van der Waals surface area contributed by atoms with Gasteiger partial charge in [-0.1, -0.05) is 42.5 Å². The summed E-state index contributed by atoms with van der Waals surface area (Å²) in [7, 11) is 0. The highest BCUT2D eigenvalue weighted by Crippen LogP contribution is 2.15. The van der Waals surface area contributed by atoms with Crippen molar-refractivity contribution in [3.63, 3.8) is 0 Å². The van der Waals surface area contributed by atoms with Crippen molar-refractivity contribution in [2.45, 2.75) is 19.4 Å². The number of carbonyl (C=O) groups excluding carboxylic acids is 1. The van der Waals surface area contributed by atoms with Gasteiger partial charge in [-0.3, -0.25) is 9.89 Å². The van der Waals surface area contributed by atoms with Gasteiger partial charge >= 0.3 is 0 Å². The molecule has 128 valence electrons. The van der Waals surface area contributed by atoms with Crippen molar-refractivity contribution in [1.82, 2.24) is 20.5 Å². The summed E-state index contributed by atoms with van der Waals surface area (Å²) in [5, 5.41) is 19.3. The predicted octanol–water partition coefficient (Wildman–Crippen LogP) is 2.11. The fourth-order valence-electron chi connectivity index (χ4n) is 2.57. The number of hydrogen-bond acceptors (Lipinski definition) is 4. The number of hydrogen-bond donors (Lipinski definition) is 3. The topological polar surface area (TPSA) is 90.9 Å². The van der Waals surface area contributed by atoms with E-state index in [0.717, 1.165) is 17.0 Å². The molecule has 0 bridgehead atoms. The number of amides is 1. The van der Waals surface area contributed by atoms with Gasteiger partial charge in [-0.25, -0.2) is 4.98 Å². The van der Waals surface area contributed by atoms with E-state index in [2.05, 4.69) is 20.5 Å². The van der Waals surface area contributed by atoms with E-state index in [9.17, 15) is 9.90 Å². The summed E-state index contributed by atoms with van der Waals surface area (Å²) < 4.78 is 0. The number of carbonyl (C=O) groups is 1. The molecule has 2 aromatic carbocycles. The lowest BCUT2D eigenvalue weighted by atomic mass is 10.1. The van der Waals surface area contributed by atoms with Crippen molar-refractivity contribution >= 4 is 5.91 Å². The van der Waals surface area contributed by atoms with Crippen LogP contribution in [0.3, 0.4) is 0 Å². The zero-order valence-electron chi connectivity index (χ0n) is 13.9. The average Bonchev–Trinajstić information content (AvgIpc) is 3.08. The summed E-state index contributed by atoms with van der Waals surface area (Å²) in [6.45, 7) is 1.72. The molecule has 1 heterocycles. The van der Waals surface area contributed by atoms with Gasteiger partial charge in [-0.15, -0.1) is 0 Å². The SMILES string of the molecule is Cc1nc(-c2ccc(C(=O)NC(CO)Cc3ccccc3)cc2)n[nH]1. The molecular weight excluding hydrogens is 316 g/mol. The Bertz CT molecular complexity index is 828. The Balaban J connectivity index is 1.65. The van der Waals surface area contributed by atoms with Gasteiger partial charge in [0, 0.05) is 11.1 Å². The van der Waals surface area contributed by atoms with E-state index in [0.29, 0.717) is 17.8 Å². The largest absolute Gasteiger partial charge is 0.394 e. The molecule has 3 rings (SSSR count). The number of aliphatic hydroxyl groups is 1. The third kappa shape index (κ3) is 4.30. The lowest BCUT2D eigenvalue weighted by molar-refractivity contribution is 0.0916. The Kier molecular flexibility index (Phi) is 5.20. The summed E-state index contributed by atoms with van der Waals surface area (Å²) in [6.07, 6.45) is 0.581. The minimum Gasteiger partial charge on any atom is -0.394 e. The molecule has 1 amide bonds. The van der Waals surface area contributed by atoms with Gasteiger partial charge < -0.3 is 10.4 Å². The van der Waals surface area contributed by atoms with Gasteiger partial charge in [-0.2, -0.15) is 5.10 Å². The van der Waals surface area contributed by atoms with Crippen molar-refractivity contribution < 1.29 is 9.90 Å². The molecule has 1 aromatic heterocycles. The number of nitrogens with one attached hydrogen (secondary N) is 2. The Morgan fingerprint density at radius 1 is 1.16 bits per heavy atom. The van der Waals surface area contributed by atoms with Crippen LogP contribution in [-0.2, 0) is 6.42 Å². The number of aliphatic hydroxyl groups excluding tert-OH is 1. The minimum absolute atomic E-state index is 0.116. The first kappa shape index (κ1) is 16.9. The van der Waals surface area contributed by atoms with E-state index >= 15 is 0 Å². The molecular formula is C19H20N4O2. The molecule has 0 aliphatic rings. The van der Waals surface area contributed by atoms with E-state index in [1.54, 1.807) is 12.1 Å². The number of H-pyrrole nitrogens is 1. The number of aryl methyl sites for hydroxylation is 1. The van der Waals surface area contributed by atoms with Gasteiger partial charge in [0.2, 0.25) is 0 Å². The number of nitrogens with zero attached hydrogens (tertiary/aromatic N) is 2. The molecule has 6 nitrogen and oxygen atoms in total. The summed E-state index contributed by atoms with van der Waals surface area (Å²) >= 11 is 0. The first-order valence-corrected chi connectivity index (χ1v) is 8.11. The van der Waals surface area contributed by atoms with Crippen LogP contribution in [0.4, 0.5) is 0 Å². The molecule has 0 spiro atoms. The lowest BCUT2D eigenvalue weighted by Gasteiger charge is -2.16. The maximum absolute atomic E-state index is 12.4. The fraction of sp³-hybridized carbons (Fsp3) is 0.211. The Labute approximate surface area is 145 Å². The fourth-order valence-corrected chi connectivity index (χ4v) is 2.57. The molecule has 0 radical (unpaired) electrons. The number of benzene rings is 2. The summed E-state index contributed by atoms with van der Waals surface area (Å²) in [4.78, 5) is 16.7. The molecule has 25 heavy (non-hydrogen) atoms. The van der Waals surface area contributed by atoms with Crippen LogP contribution in [0.1, 0.15) is 21.7 Å². The summed E-state index contributed by atoms with van der Waals surface area (Å²) in [5.74, 6) is 1.12. The Morgan fingerprint density at radius 2 is 1.88 bits per heavy atom. The molecule has 0 aliphatic heterocycles. The highest BCUT2D eigenvalue weighted by Gasteiger charge is 2.14. The third-order valence-corrected chi connectivity index (χ3v) is 3.88. The second-order valence-corrected chi connectivity index (χ2v) is 5.86. The van der Waals surface area contributed by atoms with E-state index in [1.165, 1.54) is 0 Å². The zero-order valence-corrected chi connectivity index (χ0v) is 13.9. The normalized spacial score (nSPS) is 11.9. The van der Waals surface area contributed by atoms with Crippen LogP contribution in [0.15, 0.2) is 54.6 Å². The summed E-state index contributed by atoms with van der Waals surface area (Å²) in [5.41, 5.74) is 2.43. The predicted molar refractivity (Wildman–Crippen MR) is 95.0 cm³/mol. The average molecular weight is 336 g/mol. The smallest absolute Gasteiger partial charge is 0.251 e. The van der Waals surface area contributed by atoms with E-state index in [4.69, 9.17) is 0 Å². The Morgan fingerprint density at radius 3 is 2.48 bits per heavy atom. The molecule has 1 atom stereocenters. The monoisotopic (exact) mass is 336 g/mol. The zero-order chi connectivity index (χ0) is 17.6. The lowest BCUT2D eigenvalue weighted by Crippen LogP contribution is -2.39. The van der Waals surface area contributed by atoms with Crippen molar-refractivity contribution in [3.8, 4) is 11.4 Å². The quantitative estimate of drug-likeness (QED) is 0.643. The van der Waals surface area contributed by atoms with Gasteiger partial charge in [-0.05, 0) is 31.0 Å². The Hall–Kier alpha value is -2.99. The van der Waals surface area contributed by atoms with Crippen LogP contribution in [0, 0.1) is 6.92 Å². The summed E-state index contributed by atoms with van der Waals surface area (Å²) in [6, 6.07) is 16.5.